The van der Waals surface area contributed by atoms with Crippen molar-refractivity contribution in [2.75, 3.05) is 4.90 Å². The predicted octanol–water partition coefficient (Wildman–Crippen LogP) is 2.20. The van der Waals surface area contributed by atoms with Crippen LogP contribution in [-0.2, 0) is 9.59 Å². The highest BCUT2D eigenvalue weighted by molar-refractivity contribution is 6.24. The number of nitrogens with zero attached hydrogens (tertiary/aromatic N) is 1. The van der Waals surface area contributed by atoms with E-state index in [0.29, 0.717) is 11.3 Å². The zero-order chi connectivity index (χ0) is 14.7. The van der Waals surface area contributed by atoms with Crippen LogP contribution in [0.3, 0.4) is 0 Å². The lowest BCUT2D eigenvalue weighted by Crippen LogP contribution is -2.34. The minimum absolute atomic E-state index is 0.135. The molecule has 2 aliphatic carbocycles. The van der Waals surface area contributed by atoms with E-state index in [1.54, 1.807) is 24.3 Å². The highest BCUT2D eigenvalue weighted by Gasteiger charge is 2.59. The Morgan fingerprint density at radius 2 is 1.62 bits per heavy atom. The fourth-order valence-corrected chi connectivity index (χ4v) is 4.11. The Morgan fingerprint density at radius 1 is 1.05 bits per heavy atom. The molecule has 4 atom stereocenters. The van der Waals surface area contributed by atoms with Crippen LogP contribution in [0, 0.1) is 23.7 Å². The second kappa shape index (κ2) is 4.13. The average Bonchev–Trinajstić information content (AvgIpc) is 3.13. The van der Waals surface area contributed by atoms with Gasteiger partial charge in [-0.05, 0) is 37.3 Å². The average molecular weight is 281 g/mol. The third-order valence-corrected chi connectivity index (χ3v) is 4.99. The number of allylic oxidation sites excluding steroid dienone is 2. The van der Waals surface area contributed by atoms with Crippen molar-refractivity contribution >= 4 is 23.3 Å². The van der Waals surface area contributed by atoms with E-state index in [-0.39, 0.29) is 41.3 Å². The van der Waals surface area contributed by atoms with Gasteiger partial charge in [0.15, 0.2) is 5.78 Å². The van der Waals surface area contributed by atoms with Crippen LogP contribution >= 0.6 is 0 Å². The first-order valence-electron chi connectivity index (χ1n) is 7.25. The van der Waals surface area contributed by atoms with Crippen molar-refractivity contribution in [3.63, 3.8) is 0 Å². The number of hydrogen-bond donors (Lipinski definition) is 0. The van der Waals surface area contributed by atoms with Crippen LogP contribution in [0.2, 0.25) is 0 Å². The Labute approximate surface area is 122 Å². The van der Waals surface area contributed by atoms with E-state index in [9.17, 15) is 14.4 Å². The van der Waals surface area contributed by atoms with Crippen LogP contribution in [0.25, 0.3) is 0 Å². The van der Waals surface area contributed by atoms with Gasteiger partial charge >= 0.3 is 0 Å². The molecule has 2 amide bonds. The first kappa shape index (κ1) is 12.5. The maximum atomic E-state index is 12.7. The van der Waals surface area contributed by atoms with Gasteiger partial charge < -0.3 is 0 Å². The van der Waals surface area contributed by atoms with Gasteiger partial charge in [-0.3, -0.25) is 14.4 Å². The van der Waals surface area contributed by atoms with Gasteiger partial charge in [0.2, 0.25) is 11.8 Å². The molecular weight excluding hydrogens is 266 g/mol. The van der Waals surface area contributed by atoms with Gasteiger partial charge in [-0.25, -0.2) is 4.90 Å². The summed E-state index contributed by atoms with van der Waals surface area (Å²) in [7, 11) is 0. The van der Waals surface area contributed by atoms with Crippen LogP contribution in [0.5, 0.6) is 0 Å². The topological polar surface area (TPSA) is 54.5 Å². The summed E-state index contributed by atoms with van der Waals surface area (Å²) in [6.07, 6.45) is 5.05. The standard InChI is InChI=1S/C17H15NO3/c1-9(19)12-4-2-3-5-13(12)18-16(20)14-10-6-7-11(8-10)15(14)17(18)21/h2-7,10-11,14-15H,8H2,1H3. The normalized spacial score (nSPS) is 32.9. The lowest BCUT2D eigenvalue weighted by atomic mass is 9.85. The minimum Gasteiger partial charge on any atom is -0.294 e. The number of imide groups is 1. The fraction of sp³-hybridized carbons (Fsp3) is 0.353. The summed E-state index contributed by atoms with van der Waals surface area (Å²) in [5, 5.41) is 0. The third-order valence-electron chi connectivity index (χ3n) is 4.99. The van der Waals surface area contributed by atoms with E-state index in [1.807, 2.05) is 0 Å². The molecule has 1 heterocycles. The summed E-state index contributed by atoms with van der Waals surface area (Å²) in [5.41, 5.74) is 0.869. The molecule has 21 heavy (non-hydrogen) atoms. The van der Waals surface area contributed by atoms with Crippen molar-refractivity contribution in [2.45, 2.75) is 13.3 Å². The van der Waals surface area contributed by atoms with Crippen LogP contribution in [0.15, 0.2) is 36.4 Å². The quantitative estimate of drug-likeness (QED) is 0.474. The van der Waals surface area contributed by atoms with Crippen LogP contribution in [-0.4, -0.2) is 17.6 Å². The molecule has 1 aromatic rings. The number of fused-ring (bicyclic) bond motifs is 5. The van der Waals surface area contributed by atoms with E-state index in [1.165, 1.54) is 11.8 Å². The number of amides is 2. The maximum Gasteiger partial charge on any atom is 0.238 e. The molecule has 106 valence electrons. The molecule has 0 radical (unpaired) electrons. The molecule has 4 nitrogen and oxygen atoms in total. The Kier molecular flexibility index (Phi) is 2.46. The molecule has 4 unspecified atom stereocenters. The summed E-state index contributed by atoms with van der Waals surface area (Å²) in [5.74, 6) is -0.507. The first-order valence-corrected chi connectivity index (χ1v) is 7.25. The molecule has 1 aromatic carbocycles. The lowest BCUT2D eigenvalue weighted by molar-refractivity contribution is -0.123. The molecule has 2 bridgehead atoms. The third kappa shape index (κ3) is 1.53. The molecule has 1 saturated heterocycles. The summed E-state index contributed by atoms with van der Waals surface area (Å²) in [6.45, 7) is 1.45. The van der Waals surface area contributed by atoms with Crippen molar-refractivity contribution in [2.24, 2.45) is 23.7 Å². The van der Waals surface area contributed by atoms with E-state index >= 15 is 0 Å². The molecule has 0 N–H and O–H groups in total. The number of para-hydroxylation sites is 1. The van der Waals surface area contributed by atoms with Gasteiger partial charge in [0.05, 0.1) is 17.5 Å². The highest BCUT2D eigenvalue weighted by atomic mass is 16.2. The van der Waals surface area contributed by atoms with Crippen molar-refractivity contribution in [3.8, 4) is 0 Å². The number of anilines is 1. The molecular formula is C17H15NO3. The number of hydrogen-bond acceptors (Lipinski definition) is 3. The van der Waals surface area contributed by atoms with Crippen LogP contribution in [0.4, 0.5) is 5.69 Å². The zero-order valence-electron chi connectivity index (χ0n) is 11.7. The van der Waals surface area contributed by atoms with Gasteiger partial charge in [0.25, 0.3) is 0 Å². The molecule has 1 saturated carbocycles. The lowest BCUT2D eigenvalue weighted by Gasteiger charge is -2.19. The number of Topliss-reactive ketones (excluding diaryl/α,β-unsaturated/α-hetero) is 1. The van der Waals surface area contributed by atoms with Gasteiger partial charge in [-0.15, -0.1) is 0 Å². The van der Waals surface area contributed by atoms with Gasteiger partial charge in [0, 0.05) is 5.56 Å². The van der Waals surface area contributed by atoms with Gasteiger partial charge in [-0.1, -0.05) is 24.3 Å². The SMILES string of the molecule is CC(=O)c1ccccc1N1C(=O)C2C3C=CC(C3)C2C1=O. The molecule has 0 spiro atoms. The van der Waals surface area contributed by atoms with E-state index < -0.39 is 0 Å². The smallest absolute Gasteiger partial charge is 0.238 e. The van der Waals surface area contributed by atoms with E-state index in [4.69, 9.17) is 0 Å². The van der Waals surface area contributed by atoms with Crippen LogP contribution < -0.4 is 4.90 Å². The van der Waals surface area contributed by atoms with Crippen LogP contribution in [0.1, 0.15) is 23.7 Å². The Balaban J connectivity index is 1.80. The number of benzene rings is 1. The molecule has 4 rings (SSSR count). The molecule has 0 aromatic heterocycles. The number of carbonyl (C=O) groups is 3. The van der Waals surface area contributed by atoms with Crippen molar-refractivity contribution in [1.29, 1.82) is 0 Å². The highest BCUT2D eigenvalue weighted by Crippen LogP contribution is 2.53. The summed E-state index contributed by atoms with van der Waals surface area (Å²) >= 11 is 0. The van der Waals surface area contributed by atoms with E-state index in [0.717, 1.165) is 6.42 Å². The molecule has 1 aliphatic heterocycles. The Hall–Kier alpha value is -2.23. The second-order valence-corrected chi connectivity index (χ2v) is 6.09. The van der Waals surface area contributed by atoms with Crippen molar-refractivity contribution < 1.29 is 14.4 Å². The molecule has 2 fully saturated rings. The zero-order valence-corrected chi connectivity index (χ0v) is 11.7. The fourth-order valence-electron chi connectivity index (χ4n) is 4.11. The number of carbonyl (C=O) groups excluding carboxylic acids is 3. The predicted molar refractivity (Wildman–Crippen MR) is 76.7 cm³/mol. The largest absolute Gasteiger partial charge is 0.294 e. The van der Waals surface area contributed by atoms with Gasteiger partial charge in [0.1, 0.15) is 0 Å². The summed E-state index contributed by atoms with van der Waals surface area (Å²) < 4.78 is 0. The molecule has 4 heteroatoms. The minimum atomic E-state index is -0.229. The summed E-state index contributed by atoms with van der Waals surface area (Å²) in [6, 6.07) is 6.85. The van der Waals surface area contributed by atoms with Crippen molar-refractivity contribution in [1.82, 2.24) is 0 Å². The Morgan fingerprint density at radius 3 is 2.19 bits per heavy atom. The second-order valence-electron chi connectivity index (χ2n) is 6.09. The molecule has 3 aliphatic rings. The maximum absolute atomic E-state index is 12.7. The Bertz CT molecular complexity index is 676. The van der Waals surface area contributed by atoms with Crippen molar-refractivity contribution in [3.05, 3.63) is 42.0 Å². The summed E-state index contributed by atoms with van der Waals surface area (Å²) in [4.78, 5) is 38.5. The number of rotatable bonds is 2. The first-order chi connectivity index (χ1) is 10.1. The van der Waals surface area contributed by atoms with Gasteiger partial charge in [-0.2, -0.15) is 0 Å². The van der Waals surface area contributed by atoms with E-state index in [2.05, 4.69) is 12.2 Å². The monoisotopic (exact) mass is 281 g/mol. The number of ketones is 1.